The highest BCUT2D eigenvalue weighted by Crippen LogP contribution is 2.52. The second-order valence-electron chi connectivity index (χ2n) is 15.3. The van der Waals surface area contributed by atoms with Gasteiger partial charge in [-0.25, -0.2) is 0 Å². The molecule has 2 heterocycles. The van der Waals surface area contributed by atoms with Crippen LogP contribution in [0.3, 0.4) is 0 Å². The monoisotopic (exact) mass is 694 g/mol. The summed E-state index contributed by atoms with van der Waals surface area (Å²) in [7, 11) is 0. The van der Waals surface area contributed by atoms with E-state index < -0.39 is 0 Å². The number of fused-ring (bicyclic) bond motifs is 9. The molecule has 0 N–H and O–H groups in total. The Hall–Kier alpha value is -6.58. The van der Waals surface area contributed by atoms with Crippen LogP contribution in [-0.2, 0) is 11.8 Å². The molecule has 2 aromatic heterocycles. The molecule has 0 aliphatic heterocycles. The lowest BCUT2D eigenvalue weighted by atomic mass is 9.81. The fraction of sp³-hybridized carbons (Fsp3) is 0.0980. The Morgan fingerprint density at radius 1 is 0.556 bits per heavy atom. The van der Waals surface area contributed by atoms with Crippen LogP contribution in [0.2, 0.25) is 0 Å². The van der Waals surface area contributed by atoms with Gasteiger partial charge in [-0.15, -0.1) is 0 Å². The molecule has 0 saturated heterocycles. The largest absolute Gasteiger partial charge is 0.456 e. The molecule has 0 atom stereocenters. The Balaban J connectivity index is 1.00. The minimum Gasteiger partial charge on any atom is -0.456 e. The molecule has 0 spiro atoms. The van der Waals surface area contributed by atoms with Crippen LogP contribution < -0.4 is 4.90 Å². The number of benzene rings is 7. The molecule has 258 valence electrons. The fourth-order valence-corrected chi connectivity index (χ4v) is 9.18. The van der Waals surface area contributed by atoms with E-state index in [-0.39, 0.29) is 5.41 Å². The molecular formula is C51H38N2O. The lowest BCUT2D eigenvalue weighted by Crippen LogP contribution is -2.16. The summed E-state index contributed by atoms with van der Waals surface area (Å²) in [4.78, 5) is 2.36. The first-order valence-corrected chi connectivity index (χ1v) is 19.0. The van der Waals surface area contributed by atoms with E-state index >= 15 is 0 Å². The Labute approximate surface area is 315 Å². The molecule has 0 amide bonds. The third kappa shape index (κ3) is 4.61. The zero-order valence-electron chi connectivity index (χ0n) is 30.4. The standard InChI is InChI=1S/C51H38N2O/c1-51(2)45-30-34(33-22-28-48-44(29-33)41-17-9-11-19-47(41)53(48)36-15-7-4-8-16-36)21-25-39(45)40-26-23-37(31-46(40)51)52(35-13-5-3-6-14-35)38-24-27-43-42-18-10-12-20-49(42)54-50(43)32-38/h3-9,11-17,19-32H,10,18H2,1-2H3. The number of hydrogen-bond donors (Lipinski definition) is 0. The Kier molecular flexibility index (Phi) is 6.72. The molecular weight excluding hydrogens is 657 g/mol. The summed E-state index contributed by atoms with van der Waals surface area (Å²) in [6.45, 7) is 4.75. The molecule has 3 nitrogen and oxygen atoms in total. The third-order valence-corrected chi connectivity index (χ3v) is 11.8. The van der Waals surface area contributed by atoms with E-state index in [0.717, 1.165) is 41.2 Å². The van der Waals surface area contributed by atoms with Crippen LogP contribution in [0.1, 0.15) is 42.7 Å². The van der Waals surface area contributed by atoms with Crippen molar-refractivity contribution in [2.24, 2.45) is 0 Å². The highest BCUT2D eigenvalue weighted by molar-refractivity contribution is 6.10. The Morgan fingerprint density at radius 2 is 1.22 bits per heavy atom. The number of nitrogens with zero attached hydrogens (tertiary/aromatic N) is 2. The second-order valence-corrected chi connectivity index (χ2v) is 15.3. The lowest BCUT2D eigenvalue weighted by molar-refractivity contribution is 0.595. The second kappa shape index (κ2) is 11.7. The van der Waals surface area contributed by atoms with Crippen LogP contribution in [0.25, 0.3) is 66.8 Å². The van der Waals surface area contributed by atoms with Crippen LogP contribution in [0.15, 0.2) is 168 Å². The van der Waals surface area contributed by atoms with E-state index in [0.29, 0.717) is 0 Å². The maximum atomic E-state index is 6.40. The fourth-order valence-electron chi connectivity index (χ4n) is 9.18. The summed E-state index contributed by atoms with van der Waals surface area (Å²) in [6, 6.07) is 57.9. The zero-order chi connectivity index (χ0) is 36.0. The summed E-state index contributed by atoms with van der Waals surface area (Å²) >= 11 is 0. The van der Waals surface area contributed by atoms with E-state index in [2.05, 4.69) is 193 Å². The van der Waals surface area contributed by atoms with Crippen molar-refractivity contribution >= 4 is 55.9 Å². The van der Waals surface area contributed by atoms with E-state index in [1.54, 1.807) is 0 Å². The van der Waals surface area contributed by atoms with Gasteiger partial charge in [-0.2, -0.15) is 0 Å². The SMILES string of the molecule is CC1(C)c2cc(-c3ccc4c(c3)c3ccccc3n4-c3ccccc3)ccc2-c2ccc(N(c3ccccc3)c3ccc4c5c(oc4c3)C=CCC5)cc21. The lowest BCUT2D eigenvalue weighted by Gasteiger charge is -2.28. The molecule has 11 rings (SSSR count). The number of furan rings is 1. The Bertz CT molecular complexity index is 2960. The number of para-hydroxylation sites is 3. The molecule has 0 radical (unpaired) electrons. The van der Waals surface area contributed by atoms with Crippen molar-refractivity contribution in [1.82, 2.24) is 4.57 Å². The van der Waals surface area contributed by atoms with Gasteiger partial charge in [-0.05, 0) is 125 Å². The summed E-state index contributed by atoms with van der Waals surface area (Å²) in [5.74, 6) is 0.995. The van der Waals surface area contributed by atoms with Gasteiger partial charge in [0.15, 0.2) is 0 Å². The summed E-state index contributed by atoms with van der Waals surface area (Å²) in [5.41, 5.74) is 16.8. The van der Waals surface area contributed by atoms with Gasteiger partial charge in [0.2, 0.25) is 0 Å². The van der Waals surface area contributed by atoms with Gasteiger partial charge in [0.1, 0.15) is 11.3 Å². The van der Waals surface area contributed by atoms with Gasteiger partial charge in [-0.3, -0.25) is 0 Å². The molecule has 0 unspecified atom stereocenters. The van der Waals surface area contributed by atoms with Crippen molar-refractivity contribution in [3.63, 3.8) is 0 Å². The Morgan fingerprint density at radius 3 is 2.07 bits per heavy atom. The van der Waals surface area contributed by atoms with Gasteiger partial charge < -0.3 is 13.9 Å². The average molecular weight is 695 g/mol. The first-order valence-electron chi connectivity index (χ1n) is 19.0. The number of rotatable bonds is 5. The minimum absolute atomic E-state index is 0.192. The number of hydrogen-bond acceptors (Lipinski definition) is 2. The average Bonchev–Trinajstić information content (AvgIpc) is 3.83. The van der Waals surface area contributed by atoms with Gasteiger partial charge in [0.25, 0.3) is 0 Å². The number of allylic oxidation sites excluding steroid dienone is 1. The minimum atomic E-state index is -0.192. The molecule has 0 fully saturated rings. The molecule has 0 bridgehead atoms. The number of aromatic nitrogens is 1. The van der Waals surface area contributed by atoms with E-state index in [1.807, 2.05) is 0 Å². The van der Waals surface area contributed by atoms with Crippen LogP contribution in [0.4, 0.5) is 17.1 Å². The maximum absolute atomic E-state index is 6.40. The summed E-state index contributed by atoms with van der Waals surface area (Å²) in [6.07, 6.45) is 6.42. The third-order valence-electron chi connectivity index (χ3n) is 11.8. The number of aryl methyl sites for hydroxylation is 1. The van der Waals surface area contributed by atoms with E-state index in [1.165, 1.54) is 71.8 Å². The quantitative estimate of drug-likeness (QED) is 0.179. The molecule has 9 aromatic rings. The van der Waals surface area contributed by atoms with Crippen molar-refractivity contribution in [1.29, 1.82) is 0 Å². The van der Waals surface area contributed by atoms with Gasteiger partial charge in [0.05, 0.1) is 11.0 Å². The highest BCUT2D eigenvalue weighted by atomic mass is 16.3. The van der Waals surface area contributed by atoms with Crippen molar-refractivity contribution in [3.05, 3.63) is 186 Å². The van der Waals surface area contributed by atoms with Gasteiger partial charge in [0, 0.05) is 56.0 Å². The predicted molar refractivity (Wildman–Crippen MR) is 226 cm³/mol. The molecule has 54 heavy (non-hydrogen) atoms. The topological polar surface area (TPSA) is 21.3 Å². The van der Waals surface area contributed by atoms with Crippen LogP contribution in [0, 0.1) is 0 Å². The van der Waals surface area contributed by atoms with E-state index in [4.69, 9.17) is 4.42 Å². The normalized spacial score (nSPS) is 14.0. The first kappa shape index (κ1) is 31.0. The highest BCUT2D eigenvalue weighted by Gasteiger charge is 2.36. The van der Waals surface area contributed by atoms with Crippen LogP contribution in [0.5, 0.6) is 0 Å². The predicted octanol–water partition coefficient (Wildman–Crippen LogP) is 13.9. The van der Waals surface area contributed by atoms with E-state index in [9.17, 15) is 0 Å². The molecule has 2 aliphatic rings. The molecule has 2 aliphatic carbocycles. The number of anilines is 3. The van der Waals surface area contributed by atoms with Crippen LogP contribution >= 0.6 is 0 Å². The molecule has 7 aromatic carbocycles. The van der Waals surface area contributed by atoms with Crippen molar-refractivity contribution in [2.45, 2.75) is 32.1 Å². The molecule has 3 heteroatoms. The van der Waals surface area contributed by atoms with Gasteiger partial charge in [-0.1, -0.05) is 98.8 Å². The smallest absolute Gasteiger partial charge is 0.137 e. The van der Waals surface area contributed by atoms with Crippen molar-refractivity contribution in [3.8, 4) is 27.9 Å². The van der Waals surface area contributed by atoms with Crippen molar-refractivity contribution in [2.75, 3.05) is 4.90 Å². The molecule has 0 saturated carbocycles. The van der Waals surface area contributed by atoms with Crippen LogP contribution in [-0.4, -0.2) is 4.57 Å². The zero-order valence-corrected chi connectivity index (χ0v) is 30.4. The summed E-state index contributed by atoms with van der Waals surface area (Å²) < 4.78 is 8.78. The summed E-state index contributed by atoms with van der Waals surface area (Å²) in [5, 5.41) is 3.75. The first-order chi connectivity index (χ1) is 26.5. The maximum Gasteiger partial charge on any atom is 0.137 e. The van der Waals surface area contributed by atoms with Crippen molar-refractivity contribution < 1.29 is 4.42 Å². The van der Waals surface area contributed by atoms with Gasteiger partial charge >= 0.3 is 0 Å².